The van der Waals surface area contributed by atoms with E-state index >= 15 is 0 Å². The Balaban J connectivity index is 2.06. The standard InChI is InChI=1S/C31H38ClN3O6S/c1-5-6-17-33-31(37)28(19-23-11-8-7-9-12-23)34(21-24-13-10-14-26(18-24)40-2)30(36)22-35(42(4,38)39)25-15-16-29(41-3)27(32)20-25/h7-16,18,20,28H,5-6,17,19,21-22H2,1-4H3,(H,33,37)/t28-/m0/s1. The predicted octanol–water partition coefficient (Wildman–Crippen LogP) is 4.68. The molecular formula is C31H38ClN3O6S. The van der Waals surface area contributed by atoms with Crippen molar-refractivity contribution in [1.29, 1.82) is 0 Å². The van der Waals surface area contributed by atoms with Crippen molar-refractivity contribution in [2.45, 2.75) is 38.8 Å². The van der Waals surface area contributed by atoms with Crippen molar-refractivity contribution in [3.63, 3.8) is 0 Å². The summed E-state index contributed by atoms with van der Waals surface area (Å²) in [6, 6.07) is 20.2. The van der Waals surface area contributed by atoms with Crippen molar-refractivity contribution >= 4 is 39.1 Å². The minimum atomic E-state index is -3.92. The smallest absolute Gasteiger partial charge is 0.244 e. The number of carbonyl (C=O) groups excluding carboxylic acids is 2. The Hall–Kier alpha value is -3.76. The second-order valence-corrected chi connectivity index (χ2v) is 12.1. The molecule has 0 bridgehead atoms. The zero-order valence-corrected chi connectivity index (χ0v) is 26.0. The van der Waals surface area contributed by atoms with Gasteiger partial charge < -0.3 is 19.7 Å². The Kier molecular flexibility index (Phi) is 12.1. The SMILES string of the molecule is CCCCNC(=O)[C@H](Cc1ccccc1)N(Cc1cccc(OC)c1)C(=O)CN(c1ccc(OC)c(Cl)c1)S(C)(=O)=O. The third-order valence-electron chi connectivity index (χ3n) is 6.69. The highest BCUT2D eigenvalue weighted by molar-refractivity contribution is 7.92. The molecule has 0 aliphatic rings. The van der Waals surface area contributed by atoms with Crippen LogP contribution in [0.25, 0.3) is 0 Å². The molecule has 0 heterocycles. The highest BCUT2D eigenvalue weighted by atomic mass is 35.5. The predicted molar refractivity (Wildman–Crippen MR) is 166 cm³/mol. The van der Waals surface area contributed by atoms with E-state index < -0.39 is 28.5 Å². The van der Waals surface area contributed by atoms with E-state index in [2.05, 4.69) is 5.32 Å². The van der Waals surface area contributed by atoms with Crippen LogP contribution in [0, 0.1) is 0 Å². The third kappa shape index (κ3) is 9.12. The van der Waals surface area contributed by atoms with Crippen LogP contribution in [0.5, 0.6) is 11.5 Å². The number of benzene rings is 3. The van der Waals surface area contributed by atoms with E-state index in [-0.39, 0.29) is 29.6 Å². The van der Waals surface area contributed by atoms with E-state index in [0.717, 1.165) is 34.5 Å². The first-order valence-electron chi connectivity index (χ1n) is 13.6. The van der Waals surface area contributed by atoms with Gasteiger partial charge in [0.2, 0.25) is 21.8 Å². The van der Waals surface area contributed by atoms with E-state index in [1.165, 1.54) is 30.2 Å². The van der Waals surface area contributed by atoms with Crippen molar-refractivity contribution in [3.8, 4) is 11.5 Å². The highest BCUT2D eigenvalue weighted by Crippen LogP contribution is 2.30. The second kappa shape index (κ2) is 15.5. The fraction of sp³-hybridized carbons (Fsp3) is 0.355. The summed E-state index contributed by atoms with van der Waals surface area (Å²) in [6.45, 7) is 1.99. The monoisotopic (exact) mass is 615 g/mol. The van der Waals surface area contributed by atoms with E-state index in [0.29, 0.717) is 18.0 Å². The number of nitrogens with one attached hydrogen (secondary N) is 1. The molecule has 0 spiro atoms. The summed E-state index contributed by atoms with van der Waals surface area (Å²) in [4.78, 5) is 29.3. The molecule has 0 aliphatic carbocycles. The van der Waals surface area contributed by atoms with Crippen molar-refractivity contribution in [2.75, 3.05) is 37.9 Å². The first kappa shape index (κ1) is 32.8. The maximum Gasteiger partial charge on any atom is 0.244 e. The molecule has 3 aromatic carbocycles. The Morgan fingerprint density at radius 1 is 0.952 bits per heavy atom. The van der Waals surface area contributed by atoms with Crippen LogP contribution >= 0.6 is 11.6 Å². The van der Waals surface area contributed by atoms with Crippen molar-refractivity contribution in [3.05, 3.63) is 88.9 Å². The van der Waals surface area contributed by atoms with Gasteiger partial charge in [0.1, 0.15) is 24.1 Å². The largest absolute Gasteiger partial charge is 0.497 e. The summed E-state index contributed by atoms with van der Waals surface area (Å²) in [5, 5.41) is 3.16. The van der Waals surface area contributed by atoms with Gasteiger partial charge in [0, 0.05) is 19.5 Å². The van der Waals surface area contributed by atoms with Gasteiger partial charge in [0.15, 0.2) is 0 Å². The van der Waals surface area contributed by atoms with Gasteiger partial charge in [-0.3, -0.25) is 13.9 Å². The maximum absolute atomic E-state index is 14.2. The third-order valence-corrected chi connectivity index (χ3v) is 8.13. The Bertz CT molecular complexity index is 1450. The molecule has 0 saturated carbocycles. The van der Waals surface area contributed by atoms with Crippen molar-refractivity contribution in [1.82, 2.24) is 10.2 Å². The molecule has 3 rings (SSSR count). The summed E-state index contributed by atoms with van der Waals surface area (Å²) in [7, 11) is -0.924. The van der Waals surface area contributed by atoms with Crippen LogP contribution in [0.3, 0.4) is 0 Å². The Morgan fingerprint density at radius 2 is 1.67 bits per heavy atom. The van der Waals surface area contributed by atoms with Gasteiger partial charge in [-0.15, -0.1) is 0 Å². The number of unbranched alkanes of at least 4 members (excludes halogenated alkanes) is 1. The number of ether oxygens (including phenoxy) is 2. The molecule has 0 saturated heterocycles. The van der Waals surface area contributed by atoms with E-state index in [1.807, 2.05) is 43.3 Å². The summed E-state index contributed by atoms with van der Waals surface area (Å²) in [5.41, 5.74) is 1.78. The summed E-state index contributed by atoms with van der Waals surface area (Å²) in [6.07, 6.45) is 2.93. The molecule has 0 radical (unpaired) electrons. The number of nitrogens with zero attached hydrogens (tertiary/aromatic N) is 2. The molecule has 0 aromatic heterocycles. The average Bonchev–Trinajstić information content (AvgIpc) is 2.97. The van der Waals surface area contributed by atoms with E-state index in [9.17, 15) is 18.0 Å². The number of anilines is 1. The van der Waals surface area contributed by atoms with Gasteiger partial charge in [-0.2, -0.15) is 0 Å². The number of carbonyl (C=O) groups is 2. The van der Waals surface area contributed by atoms with Gasteiger partial charge in [-0.1, -0.05) is 67.4 Å². The van der Waals surface area contributed by atoms with Crippen LogP contribution in [0.4, 0.5) is 5.69 Å². The lowest BCUT2D eigenvalue weighted by molar-refractivity contribution is -0.140. The first-order valence-corrected chi connectivity index (χ1v) is 15.8. The molecule has 226 valence electrons. The number of rotatable bonds is 15. The van der Waals surface area contributed by atoms with Crippen LogP contribution in [-0.4, -0.2) is 64.7 Å². The summed E-state index contributed by atoms with van der Waals surface area (Å²) >= 11 is 6.29. The molecule has 42 heavy (non-hydrogen) atoms. The topological polar surface area (TPSA) is 105 Å². The maximum atomic E-state index is 14.2. The lowest BCUT2D eigenvalue weighted by Crippen LogP contribution is -2.53. The minimum absolute atomic E-state index is 0.0513. The van der Waals surface area contributed by atoms with E-state index in [4.69, 9.17) is 21.1 Å². The van der Waals surface area contributed by atoms with Gasteiger partial charge in [0.25, 0.3) is 0 Å². The number of methoxy groups -OCH3 is 2. The summed E-state index contributed by atoms with van der Waals surface area (Å²) in [5.74, 6) is 0.0905. The molecule has 0 unspecified atom stereocenters. The molecule has 1 N–H and O–H groups in total. The molecule has 9 nitrogen and oxygen atoms in total. The van der Waals surface area contributed by atoms with Crippen molar-refractivity contribution < 1.29 is 27.5 Å². The average molecular weight is 616 g/mol. The molecule has 1 atom stereocenters. The normalized spacial score (nSPS) is 11.8. The van der Waals surface area contributed by atoms with Crippen molar-refractivity contribution in [2.24, 2.45) is 0 Å². The second-order valence-electron chi connectivity index (χ2n) is 9.81. The van der Waals surface area contributed by atoms with Crippen LogP contribution < -0.4 is 19.1 Å². The minimum Gasteiger partial charge on any atom is -0.497 e. The van der Waals surface area contributed by atoms with Gasteiger partial charge in [-0.05, 0) is 47.9 Å². The number of sulfonamides is 1. The highest BCUT2D eigenvalue weighted by Gasteiger charge is 2.33. The van der Waals surface area contributed by atoms with Gasteiger partial charge in [-0.25, -0.2) is 8.42 Å². The molecule has 3 aromatic rings. The molecular weight excluding hydrogens is 578 g/mol. The lowest BCUT2D eigenvalue weighted by Gasteiger charge is -2.33. The number of hydrogen-bond donors (Lipinski definition) is 1. The zero-order valence-electron chi connectivity index (χ0n) is 24.4. The summed E-state index contributed by atoms with van der Waals surface area (Å²) < 4.78 is 37.4. The fourth-order valence-corrected chi connectivity index (χ4v) is 5.55. The van der Waals surface area contributed by atoms with Crippen LogP contribution in [0.2, 0.25) is 5.02 Å². The number of amides is 2. The van der Waals surface area contributed by atoms with Crippen LogP contribution in [0.1, 0.15) is 30.9 Å². The van der Waals surface area contributed by atoms with Gasteiger partial charge in [0.05, 0.1) is 31.2 Å². The van der Waals surface area contributed by atoms with Gasteiger partial charge >= 0.3 is 0 Å². The Morgan fingerprint density at radius 3 is 2.29 bits per heavy atom. The zero-order chi connectivity index (χ0) is 30.7. The molecule has 11 heteroatoms. The quantitative estimate of drug-likeness (QED) is 0.249. The Labute approximate surface area is 253 Å². The van der Waals surface area contributed by atoms with E-state index in [1.54, 1.807) is 25.3 Å². The molecule has 2 amide bonds. The fourth-order valence-electron chi connectivity index (χ4n) is 4.45. The molecule has 0 aliphatic heterocycles. The number of hydrogen-bond acceptors (Lipinski definition) is 6. The first-order chi connectivity index (χ1) is 20.1. The number of halogens is 1. The molecule has 0 fully saturated rings. The van der Waals surface area contributed by atoms with Crippen LogP contribution in [0.15, 0.2) is 72.8 Å². The lowest BCUT2D eigenvalue weighted by atomic mass is 10.0. The van der Waals surface area contributed by atoms with Crippen LogP contribution in [-0.2, 0) is 32.6 Å².